The summed E-state index contributed by atoms with van der Waals surface area (Å²) >= 11 is 0. The van der Waals surface area contributed by atoms with Crippen molar-refractivity contribution in [1.29, 1.82) is 0 Å². The molecule has 5 aromatic heterocycles. The van der Waals surface area contributed by atoms with Gasteiger partial charge < -0.3 is 8.82 Å². The molecule has 258 valence electrons. The van der Waals surface area contributed by atoms with Crippen LogP contribution in [0.4, 0.5) is 0 Å². The summed E-state index contributed by atoms with van der Waals surface area (Å²) in [4.78, 5) is 11.1. The van der Waals surface area contributed by atoms with Gasteiger partial charge in [0.25, 0.3) is 0 Å². The van der Waals surface area contributed by atoms with E-state index in [1.54, 1.807) is 11.1 Å². The van der Waals surface area contributed by atoms with Crippen LogP contribution in [0.5, 0.6) is 0 Å². The lowest BCUT2D eigenvalue weighted by Gasteiger charge is -2.48. The standard InChI is InChI=1S/C49H41N3O/c1-22-6-7-38-44(32-4-2-3-5-37(32)53-38)39(22)23-12-33-42-35(20-50-45-26-10-30-14-28-8-24(40(42)45)16-48(28,30)18-26)52-36-21-51-46-27-11-31-15-29-9-25(17-49(29,31)19-27)41(46)43(36)34(13-23)47(33)52/h2-7,12-13,20-21,24-31H,8-11,14-19H2,1H3. The maximum Gasteiger partial charge on any atom is 0.136 e. The van der Waals surface area contributed by atoms with Crippen molar-refractivity contribution in [3.63, 3.8) is 0 Å². The molecule has 0 radical (unpaired) electrons. The van der Waals surface area contributed by atoms with Crippen LogP contribution in [0.2, 0.25) is 0 Å². The van der Waals surface area contributed by atoms with Gasteiger partial charge in [-0.2, -0.15) is 0 Å². The lowest BCUT2D eigenvalue weighted by atomic mass is 9.56. The molecule has 3 aromatic carbocycles. The Morgan fingerprint density at radius 1 is 0.604 bits per heavy atom. The molecule has 5 heterocycles. The molecule has 4 heteroatoms. The maximum absolute atomic E-state index is 6.54. The number of furan rings is 1. The van der Waals surface area contributed by atoms with Gasteiger partial charge in [0.1, 0.15) is 11.2 Å². The molecule has 10 atom stereocenters. The van der Waals surface area contributed by atoms with Crippen molar-refractivity contribution in [3.05, 3.63) is 89.0 Å². The molecule has 8 aliphatic carbocycles. The van der Waals surface area contributed by atoms with Gasteiger partial charge in [-0.15, -0.1) is 0 Å². The number of pyridine rings is 2. The van der Waals surface area contributed by atoms with E-state index < -0.39 is 0 Å². The molecule has 0 aliphatic heterocycles. The first kappa shape index (κ1) is 27.2. The third-order valence-electron chi connectivity index (χ3n) is 18.4. The second kappa shape index (κ2) is 8.28. The first-order valence-electron chi connectivity index (χ1n) is 21.0. The molecule has 16 rings (SSSR count). The van der Waals surface area contributed by atoms with E-state index in [1.165, 1.54) is 141 Å². The summed E-state index contributed by atoms with van der Waals surface area (Å²) in [5.74, 6) is 6.30. The predicted molar refractivity (Wildman–Crippen MR) is 210 cm³/mol. The molecule has 2 spiro atoms. The molecule has 6 bridgehead atoms. The van der Waals surface area contributed by atoms with E-state index in [-0.39, 0.29) is 0 Å². The molecule has 0 amide bonds. The van der Waals surface area contributed by atoms with Gasteiger partial charge in [-0.1, -0.05) is 24.3 Å². The summed E-state index contributed by atoms with van der Waals surface area (Å²) < 4.78 is 9.20. The van der Waals surface area contributed by atoms with Gasteiger partial charge >= 0.3 is 0 Å². The smallest absolute Gasteiger partial charge is 0.136 e. The number of para-hydroxylation sites is 1. The maximum atomic E-state index is 6.54. The van der Waals surface area contributed by atoms with E-state index in [1.807, 2.05) is 0 Å². The molecule has 4 nitrogen and oxygen atoms in total. The number of hydrogen-bond acceptors (Lipinski definition) is 3. The van der Waals surface area contributed by atoms with Crippen LogP contribution in [0, 0.1) is 41.4 Å². The Balaban J connectivity index is 1.08. The Morgan fingerprint density at radius 2 is 1.17 bits per heavy atom. The Kier molecular flexibility index (Phi) is 4.25. The second-order valence-electron chi connectivity index (χ2n) is 19.9. The van der Waals surface area contributed by atoms with Gasteiger partial charge in [0, 0.05) is 55.5 Å². The Hall–Kier alpha value is -4.44. The summed E-state index contributed by atoms with van der Waals surface area (Å²) in [6.45, 7) is 2.31. The van der Waals surface area contributed by atoms with Gasteiger partial charge in [0.15, 0.2) is 0 Å². The van der Waals surface area contributed by atoms with E-state index >= 15 is 0 Å². The zero-order chi connectivity index (χ0) is 33.9. The van der Waals surface area contributed by atoms with Gasteiger partial charge in [-0.05, 0) is 170 Å². The van der Waals surface area contributed by atoms with Gasteiger partial charge in [0.2, 0.25) is 0 Å². The zero-order valence-corrected chi connectivity index (χ0v) is 30.2. The lowest BCUT2D eigenvalue weighted by molar-refractivity contribution is 0.00321. The Bertz CT molecular complexity index is 2930. The fourth-order valence-corrected chi connectivity index (χ4v) is 16.7. The van der Waals surface area contributed by atoms with Crippen LogP contribution in [0.25, 0.3) is 71.2 Å². The summed E-state index contributed by atoms with van der Waals surface area (Å²) in [5.41, 5.74) is 17.4. The largest absolute Gasteiger partial charge is 0.456 e. The fraction of sp³-hybridized carbons (Fsp3) is 0.429. The van der Waals surface area contributed by atoms with Gasteiger partial charge in [-0.25, -0.2) is 0 Å². The lowest BCUT2D eigenvalue weighted by Crippen LogP contribution is -2.41. The van der Waals surface area contributed by atoms with Crippen LogP contribution in [0.3, 0.4) is 0 Å². The average molecular weight is 688 g/mol. The van der Waals surface area contributed by atoms with Gasteiger partial charge in [-0.3, -0.25) is 9.97 Å². The van der Waals surface area contributed by atoms with E-state index in [9.17, 15) is 0 Å². The zero-order valence-electron chi connectivity index (χ0n) is 30.2. The highest BCUT2D eigenvalue weighted by atomic mass is 16.3. The Morgan fingerprint density at radius 3 is 1.79 bits per heavy atom. The second-order valence-corrected chi connectivity index (χ2v) is 19.9. The van der Waals surface area contributed by atoms with E-state index in [0.29, 0.717) is 34.5 Å². The van der Waals surface area contributed by atoms with E-state index in [2.05, 4.69) is 72.2 Å². The van der Waals surface area contributed by atoms with Crippen molar-refractivity contribution >= 4 is 60.0 Å². The molecule has 6 fully saturated rings. The third kappa shape index (κ3) is 2.75. The molecule has 6 saturated carbocycles. The SMILES string of the molecule is Cc1ccc2oc3ccccc3c2c1-c1cc2c3c4c(ncc3n3c5cnc6c(c5c(c1)c23)C1CC2CC3CC6CC32C1)C1CC2CC3CC4CC23C1. The van der Waals surface area contributed by atoms with Crippen molar-refractivity contribution < 1.29 is 4.42 Å². The van der Waals surface area contributed by atoms with Crippen LogP contribution < -0.4 is 0 Å². The van der Waals surface area contributed by atoms with Crippen LogP contribution in [0.1, 0.15) is 116 Å². The van der Waals surface area contributed by atoms with Crippen molar-refractivity contribution in [2.45, 2.75) is 94.8 Å². The number of hydrogen-bond donors (Lipinski definition) is 0. The minimum atomic E-state index is 0.607. The molecule has 0 saturated heterocycles. The van der Waals surface area contributed by atoms with Crippen molar-refractivity contribution in [1.82, 2.24) is 14.4 Å². The summed E-state index contributed by atoms with van der Waals surface area (Å²) in [6.07, 6.45) is 18.6. The minimum Gasteiger partial charge on any atom is -0.456 e. The van der Waals surface area contributed by atoms with E-state index in [4.69, 9.17) is 14.4 Å². The Labute approximate surface area is 307 Å². The third-order valence-corrected chi connectivity index (χ3v) is 18.4. The highest BCUT2D eigenvalue weighted by molar-refractivity contribution is 6.27. The van der Waals surface area contributed by atoms with Crippen LogP contribution >= 0.6 is 0 Å². The molecular weight excluding hydrogens is 647 g/mol. The number of nitrogens with zero attached hydrogens (tertiary/aromatic N) is 3. The number of aromatic nitrogens is 3. The number of benzene rings is 3. The number of aryl methyl sites for hydroxylation is 1. The highest BCUT2D eigenvalue weighted by Gasteiger charge is 2.67. The summed E-state index contributed by atoms with van der Waals surface area (Å²) in [5, 5.41) is 8.41. The summed E-state index contributed by atoms with van der Waals surface area (Å²) in [6, 6.07) is 18.3. The van der Waals surface area contributed by atoms with Gasteiger partial charge in [0.05, 0.1) is 28.9 Å². The van der Waals surface area contributed by atoms with Crippen molar-refractivity contribution in [2.75, 3.05) is 0 Å². The minimum absolute atomic E-state index is 0.607. The van der Waals surface area contributed by atoms with Crippen LogP contribution in [-0.2, 0) is 0 Å². The fourth-order valence-electron chi connectivity index (χ4n) is 16.7. The summed E-state index contributed by atoms with van der Waals surface area (Å²) in [7, 11) is 0. The normalized spacial score (nSPS) is 36.5. The molecule has 0 N–H and O–H groups in total. The molecular formula is C49H41N3O. The number of rotatable bonds is 1. The molecule has 10 unspecified atom stereocenters. The van der Waals surface area contributed by atoms with Crippen LogP contribution in [-0.4, -0.2) is 14.4 Å². The topological polar surface area (TPSA) is 43.3 Å². The quantitative estimate of drug-likeness (QED) is 0.172. The molecule has 53 heavy (non-hydrogen) atoms. The molecule has 8 aliphatic rings. The molecule has 8 aromatic rings. The number of fused-ring (bicyclic) bond motifs is 21. The predicted octanol–water partition coefficient (Wildman–Crippen LogP) is 12.3. The first-order chi connectivity index (χ1) is 26.1. The highest BCUT2D eigenvalue weighted by Crippen LogP contribution is 2.77. The monoisotopic (exact) mass is 687 g/mol. The van der Waals surface area contributed by atoms with Crippen molar-refractivity contribution in [2.24, 2.45) is 34.5 Å². The van der Waals surface area contributed by atoms with Crippen LogP contribution in [0.15, 0.2) is 65.3 Å². The van der Waals surface area contributed by atoms with Crippen molar-refractivity contribution in [3.8, 4) is 11.1 Å². The first-order valence-corrected chi connectivity index (χ1v) is 21.0. The average Bonchev–Trinajstić information content (AvgIpc) is 4.00. The van der Waals surface area contributed by atoms with E-state index in [0.717, 1.165) is 34.8 Å².